The zero-order valence-electron chi connectivity index (χ0n) is 15.9. The normalized spacial score (nSPS) is 15.6. The Kier molecular flexibility index (Phi) is 7.06. The monoisotopic (exact) mass is 404 g/mol. The van der Waals surface area contributed by atoms with E-state index in [4.69, 9.17) is 4.74 Å². The van der Waals surface area contributed by atoms with Gasteiger partial charge in [0.1, 0.15) is 0 Å². The van der Waals surface area contributed by atoms with Crippen molar-refractivity contribution in [2.24, 2.45) is 0 Å². The molecule has 1 fully saturated rings. The van der Waals surface area contributed by atoms with Crippen LogP contribution in [0, 0.1) is 0 Å². The number of amides is 1. The molecule has 1 amide bonds. The van der Waals surface area contributed by atoms with E-state index in [-0.39, 0.29) is 5.91 Å². The van der Waals surface area contributed by atoms with Crippen molar-refractivity contribution in [2.45, 2.75) is 19.3 Å². The molecule has 154 valence electrons. The second kappa shape index (κ2) is 9.71. The Morgan fingerprint density at radius 1 is 1.07 bits per heavy atom. The van der Waals surface area contributed by atoms with Gasteiger partial charge in [0.15, 0.2) is 0 Å². The van der Waals surface area contributed by atoms with Gasteiger partial charge in [-0.15, -0.1) is 0 Å². The van der Waals surface area contributed by atoms with Crippen LogP contribution in [0.25, 0.3) is 6.08 Å². The predicted molar refractivity (Wildman–Crippen MR) is 105 cm³/mol. The van der Waals surface area contributed by atoms with Crippen molar-refractivity contribution >= 4 is 12.0 Å². The first-order valence-corrected chi connectivity index (χ1v) is 9.41. The minimum Gasteiger partial charge on any atom is -0.379 e. The summed E-state index contributed by atoms with van der Waals surface area (Å²) in [5.41, 5.74) is 1.72. The maximum absolute atomic E-state index is 12.7. The molecule has 3 rings (SSSR count). The van der Waals surface area contributed by atoms with E-state index in [1.54, 1.807) is 0 Å². The number of hydrogen-bond donors (Lipinski definition) is 1. The topological polar surface area (TPSA) is 41.6 Å². The molecule has 0 saturated carbocycles. The smallest absolute Gasteiger partial charge is 0.379 e. The van der Waals surface area contributed by atoms with Crippen LogP contribution in [-0.4, -0.2) is 37.1 Å². The molecule has 1 aliphatic heterocycles. The first-order chi connectivity index (χ1) is 13.9. The average Bonchev–Trinajstić information content (AvgIpc) is 2.71. The van der Waals surface area contributed by atoms with Gasteiger partial charge in [-0.1, -0.05) is 36.4 Å². The van der Waals surface area contributed by atoms with E-state index in [9.17, 15) is 18.0 Å². The molecule has 1 aliphatic rings. The van der Waals surface area contributed by atoms with Crippen LogP contribution in [0.3, 0.4) is 0 Å². The molecule has 0 radical (unpaired) electrons. The second-order valence-corrected chi connectivity index (χ2v) is 6.88. The van der Waals surface area contributed by atoms with Crippen LogP contribution in [0.5, 0.6) is 0 Å². The molecule has 1 saturated heterocycles. The Hall–Kier alpha value is -2.64. The minimum absolute atomic E-state index is 0.322. The van der Waals surface area contributed by atoms with E-state index < -0.39 is 11.7 Å². The van der Waals surface area contributed by atoms with Gasteiger partial charge in [0.25, 0.3) is 0 Å². The van der Waals surface area contributed by atoms with E-state index >= 15 is 0 Å². The van der Waals surface area contributed by atoms with Crippen molar-refractivity contribution < 1.29 is 22.7 Å². The number of benzene rings is 2. The largest absolute Gasteiger partial charge is 0.416 e. The molecule has 0 spiro atoms. The van der Waals surface area contributed by atoms with Crippen LogP contribution in [0.1, 0.15) is 22.3 Å². The summed E-state index contributed by atoms with van der Waals surface area (Å²) in [4.78, 5) is 14.3. The quantitative estimate of drug-likeness (QED) is 0.744. The molecular weight excluding hydrogens is 381 g/mol. The molecule has 0 atom stereocenters. The summed E-state index contributed by atoms with van der Waals surface area (Å²) in [6.45, 7) is 4.48. The third-order valence-electron chi connectivity index (χ3n) is 4.61. The molecule has 0 aromatic heterocycles. The lowest BCUT2D eigenvalue weighted by Crippen LogP contribution is -2.35. The van der Waals surface area contributed by atoms with Crippen molar-refractivity contribution in [2.75, 3.05) is 26.3 Å². The van der Waals surface area contributed by atoms with Crippen LogP contribution in [0.15, 0.2) is 54.6 Å². The van der Waals surface area contributed by atoms with Crippen LogP contribution in [0.2, 0.25) is 0 Å². The Labute approximate surface area is 168 Å². The van der Waals surface area contributed by atoms with E-state index in [1.807, 2.05) is 24.3 Å². The number of hydrogen-bond acceptors (Lipinski definition) is 3. The number of alkyl halides is 3. The van der Waals surface area contributed by atoms with E-state index in [1.165, 1.54) is 24.3 Å². The number of morpholine rings is 1. The summed E-state index contributed by atoms with van der Waals surface area (Å²) in [5.74, 6) is -0.360. The van der Waals surface area contributed by atoms with Gasteiger partial charge in [-0.2, -0.15) is 13.2 Å². The van der Waals surface area contributed by atoms with Crippen molar-refractivity contribution in [3.05, 3.63) is 76.9 Å². The lowest BCUT2D eigenvalue weighted by Gasteiger charge is -2.26. The first kappa shape index (κ1) is 21.1. The predicted octanol–water partition coefficient (Wildman–Crippen LogP) is 3.87. The van der Waals surface area contributed by atoms with Gasteiger partial charge >= 0.3 is 6.18 Å². The molecule has 2 aromatic rings. The van der Waals surface area contributed by atoms with Crippen molar-refractivity contribution in [1.29, 1.82) is 0 Å². The highest BCUT2D eigenvalue weighted by Gasteiger charge is 2.30. The van der Waals surface area contributed by atoms with Crippen LogP contribution < -0.4 is 5.32 Å². The van der Waals surface area contributed by atoms with Gasteiger partial charge < -0.3 is 10.1 Å². The molecular formula is C22H23F3N2O2. The Bertz CT molecular complexity index is 859. The average molecular weight is 404 g/mol. The highest BCUT2D eigenvalue weighted by molar-refractivity contribution is 5.91. The molecule has 4 nitrogen and oxygen atoms in total. The zero-order valence-corrected chi connectivity index (χ0v) is 15.9. The lowest BCUT2D eigenvalue weighted by atomic mass is 10.1. The summed E-state index contributed by atoms with van der Waals surface area (Å²) in [6.07, 6.45) is -1.79. The highest BCUT2D eigenvalue weighted by Crippen LogP contribution is 2.29. The lowest BCUT2D eigenvalue weighted by molar-refractivity contribution is -0.137. The number of rotatable bonds is 6. The van der Waals surface area contributed by atoms with Crippen LogP contribution in [-0.2, 0) is 28.8 Å². The maximum atomic E-state index is 12.7. The van der Waals surface area contributed by atoms with Crippen molar-refractivity contribution in [1.82, 2.24) is 10.2 Å². The molecule has 2 aromatic carbocycles. The van der Waals surface area contributed by atoms with Gasteiger partial charge in [0.2, 0.25) is 5.91 Å². The highest BCUT2D eigenvalue weighted by atomic mass is 19.4. The summed E-state index contributed by atoms with van der Waals surface area (Å²) in [7, 11) is 0. The fourth-order valence-electron chi connectivity index (χ4n) is 3.09. The summed E-state index contributed by atoms with van der Waals surface area (Å²) < 4.78 is 43.6. The number of nitrogens with zero attached hydrogens (tertiary/aromatic N) is 1. The number of nitrogens with one attached hydrogen (secondary N) is 1. The molecule has 1 heterocycles. The number of ether oxygens (including phenoxy) is 1. The van der Waals surface area contributed by atoms with Gasteiger partial charge in [-0.25, -0.2) is 0 Å². The van der Waals surface area contributed by atoms with E-state index in [0.717, 1.165) is 56.1 Å². The third-order valence-corrected chi connectivity index (χ3v) is 4.61. The van der Waals surface area contributed by atoms with Gasteiger partial charge in [0, 0.05) is 32.3 Å². The fourth-order valence-corrected chi connectivity index (χ4v) is 3.09. The Morgan fingerprint density at radius 3 is 2.55 bits per heavy atom. The fraction of sp³-hybridized carbons (Fsp3) is 0.318. The Balaban J connectivity index is 1.53. The summed E-state index contributed by atoms with van der Waals surface area (Å²) >= 11 is 0. The molecule has 29 heavy (non-hydrogen) atoms. The molecule has 7 heteroatoms. The number of carbonyl (C=O) groups excluding carboxylic acids is 1. The van der Waals surface area contributed by atoms with Crippen LogP contribution in [0.4, 0.5) is 13.2 Å². The van der Waals surface area contributed by atoms with Crippen LogP contribution >= 0.6 is 0 Å². The molecule has 1 N–H and O–H groups in total. The number of halogens is 3. The maximum Gasteiger partial charge on any atom is 0.416 e. The minimum atomic E-state index is -4.40. The van der Waals surface area contributed by atoms with Gasteiger partial charge in [0.05, 0.1) is 18.8 Å². The number of carbonyl (C=O) groups is 1. The third kappa shape index (κ3) is 6.73. The van der Waals surface area contributed by atoms with E-state index in [2.05, 4.69) is 10.2 Å². The zero-order chi connectivity index (χ0) is 20.7. The van der Waals surface area contributed by atoms with Gasteiger partial charge in [-0.05, 0) is 34.9 Å². The standard InChI is InChI=1S/C22H23F3N2O2/c23-22(24,25)20-6-2-3-17(14-20)7-8-21(28)26-15-18-4-1-5-19(13-18)16-27-9-11-29-12-10-27/h1-8,13-14H,9-12,15-16H2,(H,26,28)/b8-7+. The summed E-state index contributed by atoms with van der Waals surface area (Å²) in [6, 6.07) is 12.8. The second-order valence-electron chi connectivity index (χ2n) is 6.88. The molecule has 0 bridgehead atoms. The molecule has 0 aliphatic carbocycles. The van der Waals surface area contributed by atoms with Crippen molar-refractivity contribution in [3.8, 4) is 0 Å². The van der Waals surface area contributed by atoms with Gasteiger partial charge in [-0.3, -0.25) is 9.69 Å². The first-order valence-electron chi connectivity index (χ1n) is 9.41. The van der Waals surface area contributed by atoms with Crippen molar-refractivity contribution in [3.63, 3.8) is 0 Å². The van der Waals surface area contributed by atoms with E-state index in [0.29, 0.717) is 12.1 Å². The SMILES string of the molecule is O=C(/C=C/c1cccc(C(F)(F)F)c1)NCc1cccc(CN2CCOCC2)c1. The molecule has 0 unspecified atom stereocenters. The summed E-state index contributed by atoms with van der Waals surface area (Å²) in [5, 5.41) is 2.76. The Morgan fingerprint density at radius 2 is 1.79 bits per heavy atom.